The number of carbonyl (C=O) groups is 2. The Morgan fingerprint density at radius 1 is 1.18 bits per heavy atom. The monoisotopic (exact) mass is 547 g/mol. The summed E-state index contributed by atoms with van der Waals surface area (Å²) in [5, 5.41) is 20.1. The minimum atomic E-state index is -0.488. The van der Waals surface area contributed by atoms with E-state index >= 15 is 0 Å². The van der Waals surface area contributed by atoms with Crippen molar-refractivity contribution in [2.24, 2.45) is 5.41 Å². The summed E-state index contributed by atoms with van der Waals surface area (Å²) >= 11 is 0. The van der Waals surface area contributed by atoms with Gasteiger partial charge in [-0.25, -0.2) is 0 Å². The summed E-state index contributed by atoms with van der Waals surface area (Å²) in [5.41, 5.74) is 1.82. The fourth-order valence-corrected chi connectivity index (χ4v) is 6.07. The molecule has 1 aromatic carbocycles. The first-order valence-corrected chi connectivity index (χ1v) is 14.7. The first-order valence-electron chi connectivity index (χ1n) is 14.7. The maximum Gasteiger partial charge on any atom is 0.324 e. The number of ether oxygens (including phenoxy) is 3. The van der Waals surface area contributed by atoms with Crippen LogP contribution in [0.2, 0.25) is 0 Å². The van der Waals surface area contributed by atoms with Crippen LogP contribution < -0.4 is 20.7 Å². The summed E-state index contributed by atoms with van der Waals surface area (Å²) in [7, 11) is 3.57. The molecule has 0 aromatic heterocycles. The molecule has 4 N–H and O–H groups in total. The molecule has 0 radical (unpaired) electrons. The molecule has 9 heteroatoms. The summed E-state index contributed by atoms with van der Waals surface area (Å²) in [6.07, 6.45) is 7.58. The molecule has 0 spiro atoms. The van der Waals surface area contributed by atoms with Gasteiger partial charge < -0.3 is 35.3 Å². The Bertz CT molecular complexity index is 934. The standard InChI is InChI=1S/C30H49N3O6/c1-5-6-7-9-23(38-21(2)34)18-27(39-29(36)25(32-4)20-31-3)30(13-15-33-16-14-30)19-22-11-12-26(35)28-24(22)10-8-17-37-28/h11-12,23,25,27,31-33,35H,5-10,13-20H2,1-4H3. The molecule has 0 amide bonds. The highest BCUT2D eigenvalue weighted by Gasteiger charge is 2.45. The molecule has 0 aliphatic carbocycles. The Balaban J connectivity index is 1.99. The maximum atomic E-state index is 13.5. The summed E-state index contributed by atoms with van der Waals surface area (Å²) in [4.78, 5) is 25.5. The van der Waals surface area contributed by atoms with Gasteiger partial charge in [0.1, 0.15) is 18.2 Å². The number of fused-ring (bicyclic) bond motifs is 1. The van der Waals surface area contributed by atoms with E-state index in [9.17, 15) is 14.7 Å². The molecule has 0 bridgehead atoms. The smallest absolute Gasteiger partial charge is 0.324 e. The first kappa shape index (κ1) is 31.2. The van der Waals surface area contributed by atoms with Crippen molar-refractivity contribution in [3.63, 3.8) is 0 Å². The zero-order valence-electron chi connectivity index (χ0n) is 24.3. The maximum absolute atomic E-state index is 13.5. The van der Waals surface area contributed by atoms with Crippen molar-refractivity contribution in [1.82, 2.24) is 16.0 Å². The van der Waals surface area contributed by atoms with Gasteiger partial charge in [0.15, 0.2) is 11.5 Å². The van der Waals surface area contributed by atoms with Crippen LogP contribution in [0.1, 0.15) is 76.3 Å². The predicted octanol–water partition coefficient (Wildman–Crippen LogP) is 3.25. The van der Waals surface area contributed by atoms with Crippen LogP contribution in [0.3, 0.4) is 0 Å². The Morgan fingerprint density at radius 2 is 1.95 bits per heavy atom. The van der Waals surface area contributed by atoms with E-state index in [0.717, 1.165) is 75.6 Å². The Kier molecular flexibility index (Phi) is 12.3. The fraction of sp³-hybridized carbons (Fsp3) is 0.733. The number of carbonyl (C=O) groups excluding carboxylic acids is 2. The van der Waals surface area contributed by atoms with Gasteiger partial charge in [-0.05, 0) is 83.8 Å². The predicted molar refractivity (Wildman–Crippen MR) is 151 cm³/mol. The SMILES string of the molecule is CCCCCC(CC(OC(=O)C(CNC)NC)C1(Cc2ccc(O)c3c2CCCO3)CCNCC1)OC(C)=O. The number of nitrogens with one attached hydrogen (secondary N) is 3. The van der Waals surface area contributed by atoms with Crippen molar-refractivity contribution >= 4 is 11.9 Å². The third-order valence-corrected chi connectivity index (χ3v) is 8.22. The summed E-state index contributed by atoms with van der Waals surface area (Å²) in [5.74, 6) is 0.137. The van der Waals surface area contributed by atoms with Crippen molar-refractivity contribution < 1.29 is 28.9 Å². The lowest BCUT2D eigenvalue weighted by Crippen LogP contribution is -2.52. The fourth-order valence-electron chi connectivity index (χ4n) is 6.07. The number of likely N-dealkylation sites (N-methyl/N-ethyl adjacent to an activating group) is 2. The number of piperidine rings is 1. The van der Waals surface area contributed by atoms with E-state index in [4.69, 9.17) is 14.2 Å². The highest BCUT2D eigenvalue weighted by Crippen LogP contribution is 2.44. The molecular formula is C30H49N3O6. The highest BCUT2D eigenvalue weighted by molar-refractivity contribution is 5.76. The summed E-state index contributed by atoms with van der Waals surface area (Å²) in [6.45, 7) is 6.26. The molecular weight excluding hydrogens is 498 g/mol. The number of phenolic OH excluding ortho intramolecular Hbond substituents is 1. The van der Waals surface area contributed by atoms with E-state index < -0.39 is 12.1 Å². The van der Waals surface area contributed by atoms with Crippen LogP contribution in [0.15, 0.2) is 12.1 Å². The van der Waals surface area contributed by atoms with E-state index in [-0.39, 0.29) is 29.2 Å². The van der Waals surface area contributed by atoms with Gasteiger partial charge in [0.05, 0.1) is 6.61 Å². The number of unbranched alkanes of at least 4 members (excludes halogenated alkanes) is 2. The van der Waals surface area contributed by atoms with Gasteiger partial charge >= 0.3 is 11.9 Å². The molecule has 1 fully saturated rings. The molecule has 2 heterocycles. The third kappa shape index (κ3) is 8.56. The quantitative estimate of drug-likeness (QED) is 0.194. The molecule has 2 aliphatic heterocycles. The number of phenols is 1. The topological polar surface area (TPSA) is 118 Å². The van der Waals surface area contributed by atoms with E-state index in [2.05, 4.69) is 22.9 Å². The molecule has 39 heavy (non-hydrogen) atoms. The Hall–Kier alpha value is -2.36. The van der Waals surface area contributed by atoms with E-state index in [1.165, 1.54) is 6.92 Å². The molecule has 3 atom stereocenters. The average molecular weight is 548 g/mol. The normalized spacial score (nSPS) is 18.8. The molecule has 3 rings (SSSR count). The van der Waals surface area contributed by atoms with Crippen LogP contribution in [0.4, 0.5) is 0 Å². The van der Waals surface area contributed by atoms with Crippen LogP contribution in [0, 0.1) is 5.41 Å². The van der Waals surface area contributed by atoms with Gasteiger partial charge in [-0.1, -0.05) is 25.8 Å². The van der Waals surface area contributed by atoms with Crippen LogP contribution >= 0.6 is 0 Å². The van der Waals surface area contributed by atoms with Crippen molar-refractivity contribution in [2.75, 3.05) is 40.3 Å². The number of rotatable bonds is 15. The lowest BCUT2D eigenvalue weighted by molar-refractivity contribution is -0.166. The Morgan fingerprint density at radius 3 is 2.62 bits per heavy atom. The van der Waals surface area contributed by atoms with Crippen LogP contribution in [0.25, 0.3) is 0 Å². The van der Waals surface area contributed by atoms with Gasteiger partial charge in [-0.2, -0.15) is 0 Å². The minimum absolute atomic E-state index is 0.172. The first-order chi connectivity index (χ1) is 18.8. The van der Waals surface area contributed by atoms with E-state index in [0.29, 0.717) is 31.7 Å². The zero-order valence-corrected chi connectivity index (χ0v) is 24.3. The van der Waals surface area contributed by atoms with Gasteiger partial charge in [-0.3, -0.25) is 9.59 Å². The van der Waals surface area contributed by atoms with Gasteiger partial charge in [0, 0.05) is 30.9 Å². The second kappa shape index (κ2) is 15.4. The molecule has 1 saturated heterocycles. The molecule has 0 saturated carbocycles. The molecule has 9 nitrogen and oxygen atoms in total. The van der Waals surface area contributed by atoms with Crippen molar-refractivity contribution in [3.8, 4) is 11.5 Å². The minimum Gasteiger partial charge on any atom is -0.504 e. The molecule has 3 unspecified atom stereocenters. The Labute approximate surface area is 233 Å². The van der Waals surface area contributed by atoms with E-state index in [1.54, 1.807) is 13.1 Å². The van der Waals surface area contributed by atoms with Gasteiger partial charge in [0.2, 0.25) is 0 Å². The molecule has 1 aromatic rings. The third-order valence-electron chi connectivity index (χ3n) is 8.22. The largest absolute Gasteiger partial charge is 0.504 e. The van der Waals surface area contributed by atoms with Crippen molar-refractivity contribution in [1.29, 1.82) is 0 Å². The van der Waals surface area contributed by atoms with Crippen LogP contribution in [-0.4, -0.2) is 75.6 Å². The van der Waals surface area contributed by atoms with Crippen molar-refractivity contribution in [3.05, 3.63) is 23.3 Å². The summed E-state index contributed by atoms with van der Waals surface area (Å²) < 4.78 is 18.1. The molecule has 220 valence electrons. The molecule has 2 aliphatic rings. The number of hydrogen-bond donors (Lipinski definition) is 4. The van der Waals surface area contributed by atoms with Gasteiger partial charge in [0.25, 0.3) is 0 Å². The number of esters is 2. The number of benzene rings is 1. The lowest BCUT2D eigenvalue weighted by Gasteiger charge is -2.45. The number of hydrogen-bond acceptors (Lipinski definition) is 9. The van der Waals surface area contributed by atoms with E-state index in [1.807, 2.05) is 13.1 Å². The zero-order chi connectivity index (χ0) is 28.3. The van der Waals surface area contributed by atoms with Gasteiger partial charge in [-0.15, -0.1) is 0 Å². The van der Waals surface area contributed by atoms with Crippen LogP contribution in [0.5, 0.6) is 11.5 Å². The second-order valence-electron chi connectivity index (χ2n) is 11.1. The van der Waals surface area contributed by atoms with Crippen LogP contribution in [-0.2, 0) is 31.9 Å². The van der Waals surface area contributed by atoms with Crippen molar-refractivity contribution in [2.45, 2.75) is 96.3 Å². The summed E-state index contributed by atoms with van der Waals surface area (Å²) in [6, 6.07) is 3.22. The second-order valence-corrected chi connectivity index (χ2v) is 11.1. The lowest BCUT2D eigenvalue weighted by atomic mass is 9.67. The number of aromatic hydroxyl groups is 1. The highest BCUT2D eigenvalue weighted by atomic mass is 16.6. The average Bonchev–Trinajstić information content (AvgIpc) is 2.93.